The zero-order valence-electron chi connectivity index (χ0n) is 12.2. The van der Waals surface area contributed by atoms with Crippen LogP contribution in [0.2, 0.25) is 0 Å². The Morgan fingerprint density at radius 1 is 1.21 bits per heavy atom. The maximum absolute atomic E-state index is 11.7. The number of carbonyl (C=O) groups excluding carboxylic acids is 1. The highest BCUT2D eigenvalue weighted by Crippen LogP contribution is 2.28. The first-order valence-corrected chi connectivity index (χ1v) is 7.27. The SMILES string of the molecule is CC(C)(C)OC(=O)NC1CCN([C@@H]2CC[C@H]2O)CC1. The van der Waals surface area contributed by atoms with Crippen LogP contribution in [0.5, 0.6) is 0 Å². The van der Waals surface area contributed by atoms with Crippen LogP contribution in [-0.4, -0.2) is 53.0 Å². The minimum Gasteiger partial charge on any atom is -0.444 e. The van der Waals surface area contributed by atoms with Crippen molar-refractivity contribution in [3.63, 3.8) is 0 Å². The molecule has 1 aliphatic carbocycles. The molecule has 1 aliphatic heterocycles. The van der Waals surface area contributed by atoms with Crippen molar-refractivity contribution in [3.8, 4) is 0 Å². The minimum atomic E-state index is -0.444. The second-order valence-electron chi connectivity index (χ2n) is 6.67. The van der Waals surface area contributed by atoms with Crippen molar-refractivity contribution in [1.29, 1.82) is 0 Å². The summed E-state index contributed by atoms with van der Waals surface area (Å²) in [6.45, 7) is 7.50. The molecule has 0 bridgehead atoms. The minimum absolute atomic E-state index is 0.143. The number of carbonyl (C=O) groups is 1. The molecule has 1 saturated heterocycles. The fourth-order valence-electron chi connectivity index (χ4n) is 2.74. The molecule has 0 aromatic heterocycles. The van der Waals surface area contributed by atoms with E-state index in [9.17, 15) is 9.90 Å². The second-order valence-corrected chi connectivity index (χ2v) is 6.67. The number of nitrogens with zero attached hydrogens (tertiary/aromatic N) is 1. The molecule has 0 aromatic carbocycles. The van der Waals surface area contributed by atoms with E-state index in [2.05, 4.69) is 10.2 Å². The van der Waals surface area contributed by atoms with Gasteiger partial charge in [0.25, 0.3) is 0 Å². The number of nitrogens with one attached hydrogen (secondary N) is 1. The van der Waals surface area contributed by atoms with Crippen LogP contribution in [0.3, 0.4) is 0 Å². The standard InChI is InChI=1S/C14H26N2O3/c1-14(2,3)19-13(18)15-10-6-8-16(9-7-10)11-4-5-12(11)17/h10-12,17H,4-9H2,1-3H3,(H,15,18)/t11-,12-/m1/s1. The zero-order chi connectivity index (χ0) is 14.0. The van der Waals surface area contributed by atoms with E-state index in [0.717, 1.165) is 38.8 Å². The van der Waals surface area contributed by atoms with Gasteiger partial charge in [-0.3, -0.25) is 4.90 Å². The lowest BCUT2D eigenvalue weighted by Gasteiger charge is -2.44. The quantitative estimate of drug-likeness (QED) is 0.798. The zero-order valence-corrected chi connectivity index (χ0v) is 12.2. The van der Waals surface area contributed by atoms with Gasteiger partial charge in [-0.25, -0.2) is 4.79 Å². The lowest BCUT2D eigenvalue weighted by molar-refractivity contribution is -0.0317. The highest BCUT2D eigenvalue weighted by Gasteiger charge is 2.36. The Hall–Kier alpha value is -0.810. The normalized spacial score (nSPS) is 29.7. The lowest BCUT2D eigenvalue weighted by Crippen LogP contribution is -2.55. The third-order valence-electron chi connectivity index (χ3n) is 3.92. The van der Waals surface area contributed by atoms with Crippen molar-refractivity contribution in [3.05, 3.63) is 0 Å². The number of piperidine rings is 1. The fraction of sp³-hybridized carbons (Fsp3) is 0.929. The van der Waals surface area contributed by atoms with E-state index >= 15 is 0 Å². The van der Waals surface area contributed by atoms with Crippen LogP contribution in [0.25, 0.3) is 0 Å². The van der Waals surface area contributed by atoms with Gasteiger partial charge < -0.3 is 15.2 Å². The molecule has 0 spiro atoms. The first kappa shape index (κ1) is 14.6. The Morgan fingerprint density at radius 2 is 1.84 bits per heavy atom. The number of alkyl carbamates (subject to hydrolysis) is 1. The largest absolute Gasteiger partial charge is 0.444 e. The first-order valence-electron chi connectivity index (χ1n) is 7.27. The average Bonchev–Trinajstić information content (AvgIpc) is 2.27. The monoisotopic (exact) mass is 270 g/mol. The second kappa shape index (κ2) is 5.67. The number of hydrogen-bond donors (Lipinski definition) is 2. The van der Waals surface area contributed by atoms with Crippen molar-refractivity contribution in [2.45, 2.75) is 70.2 Å². The molecule has 5 heteroatoms. The van der Waals surface area contributed by atoms with Gasteiger partial charge in [-0.05, 0) is 46.5 Å². The van der Waals surface area contributed by atoms with Crippen LogP contribution >= 0.6 is 0 Å². The molecular formula is C14H26N2O3. The van der Waals surface area contributed by atoms with Gasteiger partial charge in [0.15, 0.2) is 0 Å². The van der Waals surface area contributed by atoms with E-state index in [1.54, 1.807) is 0 Å². The Morgan fingerprint density at radius 3 is 2.26 bits per heavy atom. The van der Waals surface area contributed by atoms with Gasteiger partial charge >= 0.3 is 6.09 Å². The molecule has 1 heterocycles. The third-order valence-corrected chi connectivity index (χ3v) is 3.92. The van der Waals surface area contributed by atoms with E-state index in [1.807, 2.05) is 20.8 Å². The molecule has 2 N–H and O–H groups in total. The first-order chi connectivity index (χ1) is 8.85. The number of hydrogen-bond acceptors (Lipinski definition) is 4. The van der Waals surface area contributed by atoms with Crippen molar-refractivity contribution < 1.29 is 14.6 Å². The molecule has 2 rings (SSSR count). The van der Waals surface area contributed by atoms with Gasteiger partial charge in [0.1, 0.15) is 5.60 Å². The van der Waals surface area contributed by atoms with Crippen LogP contribution in [0.1, 0.15) is 46.5 Å². The summed E-state index contributed by atoms with van der Waals surface area (Å²) in [5, 5.41) is 12.6. The van der Waals surface area contributed by atoms with Crippen molar-refractivity contribution in [1.82, 2.24) is 10.2 Å². The number of rotatable bonds is 2. The van der Waals surface area contributed by atoms with E-state index in [0.29, 0.717) is 6.04 Å². The summed E-state index contributed by atoms with van der Waals surface area (Å²) in [7, 11) is 0. The number of aliphatic hydroxyl groups excluding tert-OH is 1. The average molecular weight is 270 g/mol. The molecule has 1 amide bonds. The van der Waals surface area contributed by atoms with Crippen molar-refractivity contribution in [2.24, 2.45) is 0 Å². The van der Waals surface area contributed by atoms with Crippen LogP contribution < -0.4 is 5.32 Å². The highest BCUT2D eigenvalue weighted by atomic mass is 16.6. The van der Waals surface area contributed by atoms with Crippen LogP contribution in [0, 0.1) is 0 Å². The Labute approximate surface area is 115 Å². The molecule has 19 heavy (non-hydrogen) atoms. The Kier molecular flexibility index (Phi) is 4.36. The smallest absolute Gasteiger partial charge is 0.407 e. The molecule has 2 aliphatic rings. The number of aliphatic hydroxyl groups is 1. The van der Waals surface area contributed by atoms with E-state index in [1.165, 1.54) is 0 Å². The van der Waals surface area contributed by atoms with Crippen LogP contribution in [-0.2, 0) is 4.74 Å². The predicted molar refractivity (Wildman–Crippen MR) is 73.0 cm³/mol. The Bertz CT molecular complexity index is 319. The van der Waals surface area contributed by atoms with Crippen molar-refractivity contribution >= 4 is 6.09 Å². The summed E-state index contributed by atoms with van der Waals surface area (Å²) in [6.07, 6.45) is 3.43. The van der Waals surface area contributed by atoms with Crippen LogP contribution in [0.4, 0.5) is 4.79 Å². The molecule has 5 nitrogen and oxygen atoms in total. The molecule has 1 saturated carbocycles. The topological polar surface area (TPSA) is 61.8 Å². The van der Waals surface area contributed by atoms with E-state index in [4.69, 9.17) is 4.74 Å². The Balaban J connectivity index is 1.70. The summed E-state index contributed by atoms with van der Waals surface area (Å²) in [5.41, 5.74) is -0.444. The van der Waals surface area contributed by atoms with Gasteiger partial charge in [-0.2, -0.15) is 0 Å². The molecule has 0 aromatic rings. The van der Waals surface area contributed by atoms with Gasteiger partial charge in [-0.1, -0.05) is 0 Å². The van der Waals surface area contributed by atoms with E-state index < -0.39 is 5.60 Å². The maximum atomic E-state index is 11.7. The number of amides is 1. The maximum Gasteiger partial charge on any atom is 0.407 e. The van der Waals surface area contributed by atoms with Gasteiger partial charge in [0.05, 0.1) is 6.10 Å². The molecule has 2 atom stereocenters. The fourth-order valence-corrected chi connectivity index (χ4v) is 2.74. The third kappa shape index (κ3) is 4.08. The van der Waals surface area contributed by atoms with E-state index in [-0.39, 0.29) is 18.2 Å². The van der Waals surface area contributed by atoms with Gasteiger partial charge in [0.2, 0.25) is 0 Å². The summed E-state index contributed by atoms with van der Waals surface area (Å²) in [5.74, 6) is 0. The summed E-state index contributed by atoms with van der Waals surface area (Å²) < 4.78 is 5.26. The number of ether oxygens (including phenoxy) is 1. The molecule has 110 valence electrons. The lowest BCUT2D eigenvalue weighted by atomic mass is 9.86. The highest BCUT2D eigenvalue weighted by molar-refractivity contribution is 5.68. The summed E-state index contributed by atoms with van der Waals surface area (Å²) in [4.78, 5) is 14.0. The molecular weight excluding hydrogens is 244 g/mol. The van der Waals surface area contributed by atoms with Gasteiger partial charge in [-0.15, -0.1) is 0 Å². The van der Waals surface area contributed by atoms with Crippen LogP contribution in [0.15, 0.2) is 0 Å². The molecule has 2 fully saturated rings. The molecule has 0 unspecified atom stereocenters. The number of likely N-dealkylation sites (tertiary alicyclic amines) is 1. The summed E-state index contributed by atoms with van der Waals surface area (Å²) in [6, 6.07) is 0.547. The molecule has 0 radical (unpaired) electrons. The van der Waals surface area contributed by atoms with Gasteiger partial charge in [0, 0.05) is 25.2 Å². The summed E-state index contributed by atoms with van der Waals surface area (Å²) >= 11 is 0. The predicted octanol–water partition coefficient (Wildman–Crippen LogP) is 1.50. The van der Waals surface area contributed by atoms with Crippen molar-refractivity contribution in [2.75, 3.05) is 13.1 Å².